The van der Waals surface area contributed by atoms with Gasteiger partial charge in [0.15, 0.2) is 5.82 Å². The van der Waals surface area contributed by atoms with Gasteiger partial charge in [0.2, 0.25) is 0 Å². The summed E-state index contributed by atoms with van der Waals surface area (Å²) in [6.07, 6.45) is 7.19. The second kappa shape index (κ2) is 7.96. The molecule has 0 spiro atoms. The molecule has 0 fully saturated rings. The van der Waals surface area contributed by atoms with Crippen LogP contribution in [0, 0.1) is 0 Å². The molecule has 7 nitrogen and oxygen atoms in total. The summed E-state index contributed by atoms with van der Waals surface area (Å²) in [5, 5.41) is 5.91. The Morgan fingerprint density at radius 2 is 1.92 bits per heavy atom. The molecule has 0 atom stereocenters. The van der Waals surface area contributed by atoms with Crippen molar-refractivity contribution >= 4 is 11.7 Å². The van der Waals surface area contributed by atoms with Crippen LogP contribution in [0.3, 0.4) is 0 Å². The lowest BCUT2D eigenvalue weighted by atomic mass is 10.2. The van der Waals surface area contributed by atoms with Gasteiger partial charge in [-0.25, -0.2) is 9.97 Å². The predicted molar refractivity (Wildman–Crippen MR) is 95.1 cm³/mol. The molecular weight excluding hydrogens is 316 g/mol. The zero-order valence-corrected chi connectivity index (χ0v) is 13.8. The second-order valence-corrected chi connectivity index (χ2v) is 5.30. The second-order valence-electron chi connectivity index (χ2n) is 5.30. The molecule has 0 saturated carbocycles. The van der Waals surface area contributed by atoms with Crippen molar-refractivity contribution in [1.82, 2.24) is 25.3 Å². The smallest absolute Gasteiger partial charge is 0.252 e. The third-order valence-corrected chi connectivity index (χ3v) is 3.56. The van der Waals surface area contributed by atoms with Gasteiger partial charge in [-0.05, 0) is 24.3 Å². The van der Waals surface area contributed by atoms with E-state index in [1.807, 2.05) is 25.2 Å². The molecule has 0 aliphatic heterocycles. The van der Waals surface area contributed by atoms with Crippen LogP contribution in [0.2, 0.25) is 0 Å². The van der Waals surface area contributed by atoms with Crippen molar-refractivity contribution in [3.05, 3.63) is 66.4 Å². The van der Waals surface area contributed by atoms with Crippen LogP contribution in [0.4, 0.5) is 5.82 Å². The average molecular weight is 334 g/mol. The van der Waals surface area contributed by atoms with Crippen molar-refractivity contribution in [3.8, 4) is 11.4 Å². The fourth-order valence-electron chi connectivity index (χ4n) is 2.29. The molecule has 0 unspecified atom stereocenters. The first-order valence-electron chi connectivity index (χ1n) is 7.90. The van der Waals surface area contributed by atoms with E-state index in [4.69, 9.17) is 0 Å². The van der Waals surface area contributed by atoms with Crippen LogP contribution in [0.15, 0.2) is 55.1 Å². The van der Waals surface area contributed by atoms with Gasteiger partial charge >= 0.3 is 0 Å². The quantitative estimate of drug-likeness (QED) is 0.716. The fraction of sp³-hybridized carbons (Fsp3) is 0.167. The Balaban J connectivity index is 1.69. The molecule has 0 bridgehead atoms. The van der Waals surface area contributed by atoms with Crippen LogP contribution >= 0.6 is 0 Å². The normalized spacial score (nSPS) is 10.3. The summed E-state index contributed by atoms with van der Waals surface area (Å²) in [6, 6.07) is 9.07. The number of pyridine rings is 2. The van der Waals surface area contributed by atoms with Crippen LogP contribution in [0.25, 0.3) is 11.4 Å². The van der Waals surface area contributed by atoms with Crippen molar-refractivity contribution in [2.24, 2.45) is 0 Å². The number of carbonyl (C=O) groups is 1. The maximum atomic E-state index is 12.0. The molecule has 2 N–H and O–H groups in total. The van der Waals surface area contributed by atoms with Crippen LogP contribution < -0.4 is 10.6 Å². The van der Waals surface area contributed by atoms with E-state index in [9.17, 15) is 4.79 Å². The van der Waals surface area contributed by atoms with E-state index in [1.54, 1.807) is 36.9 Å². The number of rotatable bonds is 6. The molecule has 0 aromatic carbocycles. The molecule has 1 amide bonds. The Bertz CT molecular complexity index is 839. The van der Waals surface area contributed by atoms with Crippen molar-refractivity contribution < 1.29 is 4.79 Å². The van der Waals surface area contributed by atoms with E-state index in [0.29, 0.717) is 24.4 Å². The maximum Gasteiger partial charge on any atom is 0.252 e. The van der Waals surface area contributed by atoms with Crippen LogP contribution in [-0.2, 0) is 6.42 Å². The van der Waals surface area contributed by atoms with E-state index in [0.717, 1.165) is 17.1 Å². The zero-order valence-electron chi connectivity index (χ0n) is 13.8. The summed E-state index contributed by atoms with van der Waals surface area (Å²) in [6.45, 7) is 0.476. The molecule has 25 heavy (non-hydrogen) atoms. The van der Waals surface area contributed by atoms with Crippen molar-refractivity contribution in [2.75, 3.05) is 18.9 Å². The number of anilines is 1. The highest BCUT2D eigenvalue weighted by molar-refractivity contribution is 5.93. The lowest BCUT2D eigenvalue weighted by Gasteiger charge is -2.09. The highest BCUT2D eigenvalue weighted by Crippen LogP contribution is 2.17. The van der Waals surface area contributed by atoms with Gasteiger partial charge in [-0.15, -0.1) is 0 Å². The number of carbonyl (C=O) groups excluding carboxylic acids is 1. The molecule has 3 aromatic heterocycles. The average Bonchev–Trinajstić information content (AvgIpc) is 2.69. The minimum absolute atomic E-state index is 0.148. The van der Waals surface area contributed by atoms with Gasteiger partial charge in [0, 0.05) is 62.1 Å². The zero-order chi connectivity index (χ0) is 17.5. The van der Waals surface area contributed by atoms with Crippen molar-refractivity contribution in [1.29, 1.82) is 0 Å². The van der Waals surface area contributed by atoms with Crippen LogP contribution in [0.1, 0.15) is 16.1 Å². The van der Waals surface area contributed by atoms with E-state index in [-0.39, 0.29) is 5.91 Å². The van der Waals surface area contributed by atoms with Gasteiger partial charge in [-0.3, -0.25) is 14.8 Å². The van der Waals surface area contributed by atoms with Gasteiger partial charge in [0.25, 0.3) is 5.91 Å². The number of hydrogen-bond donors (Lipinski definition) is 2. The number of amides is 1. The van der Waals surface area contributed by atoms with Gasteiger partial charge in [0.1, 0.15) is 5.82 Å². The lowest BCUT2D eigenvalue weighted by molar-refractivity contribution is 0.0953. The monoisotopic (exact) mass is 334 g/mol. The number of aromatic nitrogens is 4. The van der Waals surface area contributed by atoms with Crippen LogP contribution in [-0.4, -0.2) is 39.4 Å². The van der Waals surface area contributed by atoms with Crippen molar-refractivity contribution in [2.45, 2.75) is 6.42 Å². The molecule has 0 saturated heterocycles. The fourth-order valence-corrected chi connectivity index (χ4v) is 2.29. The highest BCUT2D eigenvalue weighted by atomic mass is 16.1. The third-order valence-electron chi connectivity index (χ3n) is 3.56. The summed E-state index contributed by atoms with van der Waals surface area (Å²) >= 11 is 0. The van der Waals surface area contributed by atoms with E-state index < -0.39 is 0 Å². The van der Waals surface area contributed by atoms with Gasteiger partial charge < -0.3 is 10.6 Å². The maximum absolute atomic E-state index is 12.0. The first-order valence-corrected chi connectivity index (χ1v) is 7.90. The minimum atomic E-state index is -0.148. The minimum Gasteiger partial charge on any atom is -0.373 e. The Morgan fingerprint density at radius 3 is 2.64 bits per heavy atom. The van der Waals surface area contributed by atoms with E-state index in [2.05, 4.69) is 30.6 Å². The van der Waals surface area contributed by atoms with E-state index >= 15 is 0 Å². The van der Waals surface area contributed by atoms with Gasteiger partial charge in [-0.1, -0.05) is 0 Å². The number of nitrogens with zero attached hydrogens (tertiary/aromatic N) is 4. The summed E-state index contributed by atoms with van der Waals surface area (Å²) < 4.78 is 0. The number of hydrogen-bond acceptors (Lipinski definition) is 6. The largest absolute Gasteiger partial charge is 0.373 e. The number of nitrogens with one attached hydrogen (secondary N) is 2. The molecule has 7 heteroatoms. The molecule has 0 radical (unpaired) electrons. The van der Waals surface area contributed by atoms with Crippen molar-refractivity contribution in [3.63, 3.8) is 0 Å². The predicted octanol–water partition coefficient (Wildman–Crippen LogP) is 1.95. The molecule has 0 aliphatic rings. The Kier molecular flexibility index (Phi) is 5.26. The molecule has 126 valence electrons. The molecular formula is C18H18N6O. The Labute approximate surface area is 145 Å². The SMILES string of the molecule is CNc1cc(CCNC(=O)c2cccnc2)nc(-c2ccncc2)n1. The Hall–Kier alpha value is -3.35. The van der Waals surface area contributed by atoms with E-state index in [1.165, 1.54) is 0 Å². The molecule has 3 heterocycles. The first kappa shape index (κ1) is 16.5. The summed E-state index contributed by atoms with van der Waals surface area (Å²) in [5.74, 6) is 1.21. The first-order chi connectivity index (χ1) is 12.3. The third kappa shape index (κ3) is 4.35. The highest BCUT2D eigenvalue weighted by Gasteiger charge is 2.08. The Morgan fingerprint density at radius 1 is 1.08 bits per heavy atom. The molecule has 3 rings (SSSR count). The molecule has 3 aromatic rings. The topological polar surface area (TPSA) is 92.7 Å². The van der Waals surface area contributed by atoms with Gasteiger partial charge in [0.05, 0.1) is 5.56 Å². The lowest BCUT2D eigenvalue weighted by Crippen LogP contribution is -2.26. The van der Waals surface area contributed by atoms with Crippen LogP contribution in [0.5, 0.6) is 0 Å². The summed E-state index contributed by atoms with van der Waals surface area (Å²) in [5.41, 5.74) is 2.28. The summed E-state index contributed by atoms with van der Waals surface area (Å²) in [7, 11) is 1.81. The van der Waals surface area contributed by atoms with Gasteiger partial charge in [-0.2, -0.15) is 0 Å². The molecule has 0 aliphatic carbocycles. The standard InChI is InChI=1S/C18H18N6O/c1-19-16-11-15(23-17(24-16)13-4-8-20-9-5-13)6-10-22-18(25)14-3-2-7-21-12-14/h2-5,7-9,11-12H,6,10H2,1H3,(H,22,25)(H,19,23,24). The summed E-state index contributed by atoms with van der Waals surface area (Å²) in [4.78, 5) is 29.0.